The van der Waals surface area contributed by atoms with Gasteiger partial charge in [0.2, 0.25) is 5.91 Å². The molecule has 2 N–H and O–H groups in total. The molecule has 0 aromatic rings. The Morgan fingerprint density at radius 1 is 1.25 bits per heavy atom. The molecule has 1 heterocycles. The second-order valence-corrected chi connectivity index (χ2v) is 5.56. The Balaban J connectivity index is 1.78. The van der Waals surface area contributed by atoms with Gasteiger partial charge >= 0.3 is 0 Å². The Morgan fingerprint density at radius 2 is 1.94 bits per heavy atom. The lowest BCUT2D eigenvalue weighted by molar-refractivity contribution is -0.133. The zero-order chi connectivity index (χ0) is 11.5. The molecule has 0 aromatic heterocycles. The van der Waals surface area contributed by atoms with E-state index < -0.39 is 0 Å². The van der Waals surface area contributed by atoms with Crippen molar-refractivity contribution < 1.29 is 4.79 Å². The van der Waals surface area contributed by atoms with E-state index in [1.165, 1.54) is 12.8 Å². The van der Waals surface area contributed by atoms with Gasteiger partial charge < -0.3 is 10.6 Å². The topological polar surface area (TPSA) is 46.3 Å². The summed E-state index contributed by atoms with van der Waals surface area (Å²) in [6.07, 6.45) is 7.63. The Labute approximate surface area is 98.4 Å². The predicted molar refractivity (Wildman–Crippen MR) is 65.0 cm³/mol. The summed E-state index contributed by atoms with van der Waals surface area (Å²) in [5.74, 6) is 0.977. The zero-order valence-corrected chi connectivity index (χ0v) is 10.3. The summed E-state index contributed by atoms with van der Waals surface area (Å²) >= 11 is 0. The van der Waals surface area contributed by atoms with E-state index in [9.17, 15) is 4.79 Å². The molecule has 1 saturated heterocycles. The average molecular weight is 224 g/mol. The van der Waals surface area contributed by atoms with Crippen LogP contribution in [-0.4, -0.2) is 29.4 Å². The first-order chi connectivity index (χ1) is 7.66. The normalized spacial score (nSPS) is 35.4. The van der Waals surface area contributed by atoms with Gasteiger partial charge in [0.25, 0.3) is 0 Å². The van der Waals surface area contributed by atoms with Crippen LogP contribution in [0, 0.1) is 5.92 Å². The molecule has 2 aliphatic rings. The van der Waals surface area contributed by atoms with Gasteiger partial charge in [0, 0.05) is 25.0 Å². The van der Waals surface area contributed by atoms with Gasteiger partial charge in [-0.05, 0) is 51.4 Å². The maximum atomic E-state index is 12.1. The highest BCUT2D eigenvalue weighted by Crippen LogP contribution is 2.28. The van der Waals surface area contributed by atoms with Crippen molar-refractivity contribution >= 4 is 5.91 Å². The van der Waals surface area contributed by atoms with E-state index in [0.29, 0.717) is 23.9 Å². The average Bonchev–Trinajstić information content (AvgIpc) is 2.68. The second kappa shape index (κ2) is 5.17. The number of likely N-dealkylation sites (tertiary alicyclic amines) is 1. The standard InChI is InChI=1S/C13H24N2O/c1-10-3-2-8-15(10)13(16)9-11-4-6-12(14)7-5-11/h10-12H,2-9,14H2,1H3. The van der Waals surface area contributed by atoms with Gasteiger partial charge in [-0.2, -0.15) is 0 Å². The summed E-state index contributed by atoms with van der Waals surface area (Å²) < 4.78 is 0. The lowest BCUT2D eigenvalue weighted by Gasteiger charge is -2.28. The lowest BCUT2D eigenvalue weighted by atomic mass is 9.84. The SMILES string of the molecule is CC1CCCN1C(=O)CC1CCC(N)CC1. The van der Waals surface area contributed by atoms with Gasteiger partial charge in [0.15, 0.2) is 0 Å². The van der Waals surface area contributed by atoms with Crippen molar-refractivity contribution in [1.82, 2.24) is 4.90 Å². The molecule has 0 aromatic carbocycles. The molecule has 3 nitrogen and oxygen atoms in total. The number of hydrogen-bond acceptors (Lipinski definition) is 2. The van der Waals surface area contributed by atoms with E-state index >= 15 is 0 Å². The Kier molecular flexibility index (Phi) is 3.85. The summed E-state index contributed by atoms with van der Waals surface area (Å²) in [5, 5.41) is 0. The van der Waals surface area contributed by atoms with E-state index in [2.05, 4.69) is 11.8 Å². The quantitative estimate of drug-likeness (QED) is 0.778. The molecule has 1 aliphatic carbocycles. The molecule has 0 bridgehead atoms. The molecular weight excluding hydrogens is 200 g/mol. The maximum Gasteiger partial charge on any atom is 0.223 e. The van der Waals surface area contributed by atoms with E-state index in [0.717, 1.165) is 38.6 Å². The Bertz CT molecular complexity index is 246. The molecule has 1 saturated carbocycles. The monoisotopic (exact) mass is 224 g/mol. The number of amides is 1. The summed E-state index contributed by atoms with van der Waals surface area (Å²) in [7, 11) is 0. The van der Waals surface area contributed by atoms with Crippen molar-refractivity contribution in [3.8, 4) is 0 Å². The number of carbonyl (C=O) groups is 1. The number of nitrogens with two attached hydrogens (primary N) is 1. The van der Waals surface area contributed by atoms with Crippen molar-refractivity contribution in [2.75, 3.05) is 6.54 Å². The fourth-order valence-electron chi connectivity index (χ4n) is 3.06. The lowest BCUT2D eigenvalue weighted by Crippen LogP contribution is -2.36. The molecule has 92 valence electrons. The third-order valence-electron chi connectivity index (χ3n) is 4.23. The van der Waals surface area contributed by atoms with Crippen LogP contribution in [0.3, 0.4) is 0 Å². The van der Waals surface area contributed by atoms with E-state index in [1.54, 1.807) is 0 Å². The maximum absolute atomic E-state index is 12.1. The molecule has 2 rings (SSSR count). The molecule has 16 heavy (non-hydrogen) atoms. The van der Waals surface area contributed by atoms with Gasteiger partial charge in [-0.25, -0.2) is 0 Å². The molecule has 0 spiro atoms. The first kappa shape index (κ1) is 11.9. The third-order valence-corrected chi connectivity index (χ3v) is 4.23. The minimum Gasteiger partial charge on any atom is -0.340 e. The van der Waals surface area contributed by atoms with Crippen LogP contribution in [-0.2, 0) is 4.79 Å². The Morgan fingerprint density at radius 3 is 2.50 bits per heavy atom. The second-order valence-electron chi connectivity index (χ2n) is 5.56. The molecule has 1 unspecified atom stereocenters. The molecule has 1 amide bonds. The van der Waals surface area contributed by atoms with Crippen LogP contribution in [0.25, 0.3) is 0 Å². The van der Waals surface area contributed by atoms with Crippen molar-refractivity contribution in [2.24, 2.45) is 11.7 Å². The smallest absolute Gasteiger partial charge is 0.223 e. The molecule has 2 fully saturated rings. The highest BCUT2D eigenvalue weighted by Gasteiger charge is 2.28. The van der Waals surface area contributed by atoms with Crippen molar-refractivity contribution in [2.45, 2.75) is 64.0 Å². The minimum absolute atomic E-state index is 0.380. The van der Waals surface area contributed by atoms with Crippen molar-refractivity contribution in [3.05, 3.63) is 0 Å². The highest BCUT2D eigenvalue weighted by atomic mass is 16.2. The number of nitrogens with zero attached hydrogens (tertiary/aromatic N) is 1. The third kappa shape index (κ3) is 2.76. The van der Waals surface area contributed by atoms with Gasteiger partial charge in [-0.1, -0.05) is 0 Å². The predicted octanol–water partition coefficient (Wildman–Crippen LogP) is 1.90. The molecular formula is C13H24N2O. The molecule has 1 aliphatic heterocycles. The van der Waals surface area contributed by atoms with Crippen LogP contribution in [0.1, 0.15) is 51.9 Å². The van der Waals surface area contributed by atoms with E-state index in [-0.39, 0.29) is 0 Å². The number of carbonyl (C=O) groups excluding carboxylic acids is 1. The summed E-state index contributed by atoms with van der Waals surface area (Å²) in [4.78, 5) is 14.2. The zero-order valence-electron chi connectivity index (χ0n) is 10.3. The van der Waals surface area contributed by atoms with Crippen molar-refractivity contribution in [3.63, 3.8) is 0 Å². The Hall–Kier alpha value is -0.570. The van der Waals surface area contributed by atoms with Gasteiger partial charge in [0.1, 0.15) is 0 Å². The summed E-state index contributed by atoms with van der Waals surface area (Å²) in [6, 6.07) is 0.857. The first-order valence-corrected chi connectivity index (χ1v) is 6.72. The van der Waals surface area contributed by atoms with Crippen LogP contribution in [0.2, 0.25) is 0 Å². The number of hydrogen-bond donors (Lipinski definition) is 1. The summed E-state index contributed by atoms with van der Waals surface area (Å²) in [6.45, 7) is 3.15. The first-order valence-electron chi connectivity index (χ1n) is 6.72. The molecule has 3 heteroatoms. The van der Waals surface area contributed by atoms with Crippen molar-refractivity contribution in [1.29, 1.82) is 0 Å². The van der Waals surface area contributed by atoms with Crippen LogP contribution in [0.4, 0.5) is 0 Å². The van der Waals surface area contributed by atoms with Crippen LogP contribution in [0.15, 0.2) is 0 Å². The fourth-order valence-corrected chi connectivity index (χ4v) is 3.06. The molecule has 1 atom stereocenters. The van der Waals surface area contributed by atoms with Gasteiger partial charge in [0.05, 0.1) is 0 Å². The van der Waals surface area contributed by atoms with E-state index in [4.69, 9.17) is 5.73 Å². The summed E-state index contributed by atoms with van der Waals surface area (Å²) in [5.41, 5.74) is 5.88. The largest absolute Gasteiger partial charge is 0.340 e. The number of rotatable bonds is 2. The van der Waals surface area contributed by atoms with Gasteiger partial charge in [-0.3, -0.25) is 4.79 Å². The van der Waals surface area contributed by atoms with Crippen LogP contribution >= 0.6 is 0 Å². The fraction of sp³-hybridized carbons (Fsp3) is 0.923. The van der Waals surface area contributed by atoms with Gasteiger partial charge in [-0.15, -0.1) is 0 Å². The van der Waals surface area contributed by atoms with E-state index in [1.807, 2.05) is 0 Å². The minimum atomic E-state index is 0.380. The van der Waals surface area contributed by atoms with Crippen LogP contribution < -0.4 is 5.73 Å². The van der Waals surface area contributed by atoms with Crippen LogP contribution in [0.5, 0.6) is 0 Å². The molecule has 0 radical (unpaired) electrons. The highest BCUT2D eigenvalue weighted by molar-refractivity contribution is 5.77.